The lowest BCUT2D eigenvalue weighted by atomic mass is 9.99. The quantitative estimate of drug-likeness (QED) is 0.268. The molecule has 0 aliphatic heterocycles. The minimum absolute atomic E-state index is 0.230. The van der Waals surface area contributed by atoms with Crippen molar-refractivity contribution in [3.63, 3.8) is 0 Å². The van der Waals surface area contributed by atoms with Crippen LogP contribution >= 0.6 is 81.2 Å². The topological polar surface area (TPSA) is 12.9 Å². The van der Waals surface area contributed by atoms with E-state index in [-0.39, 0.29) is 20.2 Å². The fourth-order valence-electron chi connectivity index (χ4n) is 2.30. The van der Waals surface area contributed by atoms with Crippen molar-refractivity contribution in [2.75, 3.05) is 0 Å². The molecule has 2 aromatic carbocycles. The Morgan fingerprint density at radius 2 is 0.960 bits per heavy atom. The number of pyridine rings is 1. The number of hydrogen-bond acceptors (Lipinski definition) is 1. The summed E-state index contributed by atoms with van der Waals surface area (Å²) in [6, 6.07) is 10.2. The summed E-state index contributed by atoms with van der Waals surface area (Å²) in [6.45, 7) is 0. The van der Waals surface area contributed by atoms with Gasteiger partial charge in [-0.05, 0) is 30.3 Å². The van der Waals surface area contributed by atoms with Crippen molar-refractivity contribution in [1.29, 1.82) is 0 Å². The summed E-state index contributed by atoms with van der Waals surface area (Å²) in [7, 11) is 0. The van der Waals surface area contributed by atoms with Crippen molar-refractivity contribution in [2.45, 2.75) is 0 Å². The first-order valence-corrected chi connectivity index (χ1v) is 9.40. The maximum Gasteiger partial charge on any atom is 0.129 e. The van der Waals surface area contributed by atoms with Crippen molar-refractivity contribution < 1.29 is 0 Å². The Kier molecular flexibility index (Phi) is 5.97. The van der Waals surface area contributed by atoms with E-state index in [9.17, 15) is 0 Å². The second kappa shape index (κ2) is 7.70. The van der Waals surface area contributed by atoms with Gasteiger partial charge in [-0.1, -0.05) is 87.3 Å². The average molecular weight is 472 g/mol. The number of aromatic nitrogens is 1. The molecule has 0 aliphatic rings. The first-order valence-electron chi connectivity index (χ1n) is 6.75. The number of benzene rings is 2. The monoisotopic (exact) mass is 469 g/mol. The second-order valence-corrected chi connectivity index (χ2v) is 7.69. The van der Waals surface area contributed by atoms with Gasteiger partial charge >= 0.3 is 0 Å². The molecule has 25 heavy (non-hydrogen) atoms. The van der Waals surface area contributed by atoms with Crippen molar-refractivity contribution in [3.05, 3.63) is 71.7 Å². The van der Waals surface area contributed by atoms with Gasteiger partial charge in [-0.2, -0.15) is 0 Å². The highest BCUT2D eigenvalue weighted by molar-refractivity contribution is 6.50. The molecule has 0 amide bonds. The largest absolute Gasteiger partial charge is 0.235 e. The molecule has 0 spiro atoms. The summed E-state index contributed by atoms with van der Waals surface area (Å²) in [4.78, 5) is 4.39. The van der Waals surface area contributed by atoms with E-state index in [0.29, 0.717) is 37.5 Å². The van der Waals surface area contributed by atoms with Crippen LogP contribution in [-0.4, -0.2) is 4.98 Å². The van der Waals surface area contributed by atoms with Gasteiger partial charge in [0.2, 0.25) is 0 Å². The molecule has 0 N–H and O–H groups in total. The molecular weight excluding hydrogens is 466 g/mol. The molecule has 0 saturated carbocycles. The van der Waals surface area contributed by atoms with Crippen LogP contribution in [0.5, 0.6) is 0 Å². The molecule has 1 heterocycles. The van der Waals surface area contributed by atoms with Gasteiger partial charge in [0.15, 0.2) is 0 Å². The van der Waals surface area contributed by atoms with Gasteiger partial charge in [0.25, 0.3) is 0 Å². The molecule has 0 unspecified atom stereocenters. The van der Waals surface area contributed by atoms with Gasteiger partial charge in [0.05, 0.1) is 35.8 Å². The zero-order valence-corrected chi connectivity index (χ0v) is 17.3. The summed E-state index contributed by atoms with van der Waals surface area (Å²) in [5.74, 6) is 0. The highest BCUT2D eigenvalue weighted by Gasteiger charge is 2.19. The lowest BCUT2D eigenvalue weighted by Crippen LogP contribution is -1.93. The minimum atomic E-state index is 0.230. The minimum Gasteiger partial charge on any atom is -0.235 e. The van der Waals surface area contributed by atoms with Crippen LogP contribution in [0.2, 0.25) is 35.3 Å². The van der Waals surface area contributed by atoms with Crippen LogP contribution in [0.15, 0.2) is 36.4 Å². The molecule has 3 rings (SSSR count). The van der Waals surface area contributed by atoms with Crippen molar-refractivity contribution >= 4 is 81.2 Å². The summed E-state index contributed by atoms with van der Waals surface area (Å²) in [5, 5.41) is 2.03. The Labute approximate surface area is 179 Å². The molecule has 0 atom stereocenters. The fourth-order valence-corrected chi connectivity index (χ4v) is 3.71. The van der Waals surface area contributed by atoms with E-state index in [1.54, 1.807) is 36.4 Å². The van der Waals surface area contributed by atoms with E-state index in [1.807, 2.05) is 0 Å². The Morgan fingerprint density at radius 1 is 0.480 bits per heavy atom. The average Bonchev–Trinajstić information content (AvgIpc) is 2.58. The number of halogens is 7. The van der Waals surface area contributed by atoms with Gasteiger partial charge in [0.1, 0.15) is 5.15 Å². The van der Waals surface area contributed by atoms with Crippen molar-refractivity contribution in [2.24, 2.45) is 0 Å². The van der Waals surface area contributed by atoms with Crippen LogP contribution in [-0.2, 0) is 0 Å². The molecule has 0 radical (unpaired) electrons. The molecular formula is C17H6Cl7N. The Balaban J connectivity index is 2.32. The van der Waals surface area contributed by atoms with E-state index in [2.05, 4.69) is 4.98 Å². The third kappa shape index (κ3) is 3.70. The van der Waals surface area contributed by atoms with E-state index < -0.39 is 0 Å². The number of nitrogens with zero attached hydrogens (tertiary/aromatic N) is 1. The molecule has 0 aliphatic carbocycles. The van der Waals surface area contributed by atoms with Crippen LogP contribution in [0.3, 0.4) is 0 Å². The molecule has 1 nitrogen and oxygen atoms in total. The van der Waals surface area contributed by atoms with Crippen LogP contribution in [0.25, 0.3) is 22.4 Å². The highest BCUT2D eigenvalue weighted by Crippen LogP contribution is 2.44. The van der Waals surface area contributed by atoms with E-state index in [1.165, 1.54) is 0 Å². The first kappa shape index (κ1) is 19.4. The lowest BCUT2D eigenvalue weighted by Gasteiger charge is -2.14. The maximum absolute atomic E-state index is 6.37. The molecule has 1 aromatic heterocycles. The van der Waals surface area contributed by atoms with Gasteiger partial charge in [-0.15, -0.1) is 0 Å². The lowest BCUT2D eigenvalue weighted by molar-refractivity contribution is 1.32. The predicted molar refractivity (Wildman–Crippen MR) is 110 cm³/mol. The van der Waals surface area contributed by atoms with Crippen molar-refractivity contribution in [1.82, 2.24) is 4.98 Å². The second-order valence-electron chi connectivity index (χ2n) is 4.98. The molecule has 8 heteroatoms. The van der Waals surface area contributed by atoms with E-state index in [0.717, 1.165) is 0 Å². The summed E-state index contributed by atoms with van der Waals surface area (Å²) >= 11 is 43.2. The maximum atomic E-state index is 6.37. The molecule has 0 fully saturated rings. The van der Waals surface area contributed by atoms with Gasteiger partial charge < -0.3 is 0 Å². The van der Waals surface area contributed by atoms with Crippen LogP contribution in [0.1, 0.15) is 0 Å². The van der Waals surface area contributed by atoms with Gasteiger partial charge in [-0.25, -0.2) is 4.98 Å². The normalized spacial score (nSPS) is 11.0. The smallest absolute Gasteiger partial charge is 0.129 e. The Morgan fingerprint density at radius 3 is 1.56 bits per heavy atom. The molecule has 3 aromatic rings. The van der Waals surface area contributed by atoms with Crippen LogP contribution in [0.4, 0.5) is 0 Å². The summed E-state index contributed by atoms with van der Waals surface area (Å²) < 4.78 is 0. The Hall–Kier alpha value is -0.380. The van der Waals surface area contributed by atoms with Crippen LogP contribution in [0, 0.1) is 0 Å². The summed E-state index contributed by atoms with van der Waals surface area (Å²) in [5.41, 5.74) is 2.37. The zero-order chi connectivity index (χ0) is 18.3. The predicted octanol–water partition coefficient (Wildman–Crippen LogP) is 8.99. The van der Waals surface area contributed by atoms with Crippen LogP contribution < -0.4 is 0 Å². The summed E-state index contributed by atoms with van der Waals surface area (Å²) in [6.07, 6.45) is 0. The fraction of sp³-hybridized carbons (Fsp3) is 0. The zero-order valence-electron chi connectivity index (χ0n) is 12.1. The van der Waals surface area contributed by atoms with Gasteiger partial charge in [-0.3, -0.25) is 0 Å². The first-order chi connectivity index (χ1) is 11.8. The number of hydrogen-bond donors (Lipinski definition) is 0. The highest BCUT2D eigenvalue weighted by atomic mass is 35.5. The third-order valence-corrected chi connectivity index (χ3v) is 6.27. The third-order valence-electron chi connectivity index (χ3n) is 3.48. The molecule has 0 bridgehead atoms. The Bertz CT molecular complexity index is 985. The molecule has 0 saturated heterocycles. The van der Waals surface area contributed by atoms with E-state index >= 15 is 0 Å². The van der Waals surface area contributed by atoms with E-state index in [4.69, 9.17) is 81.2 Å². The standard InChI is InChI=1S/C17H6Cl7N/c18-10-4-1-7(13(21)15(10)23)8-3-6-12(20)25-17(8)9-2-5-11(19)16(24)14(9)22/h1-6H. The van der Waals surface area contributed by atoms with Gasteiger partial charge in [0, 0.05) is 16.7 Å². The number of rotatable bonds is 2. The molecule has 128 valence electrons. The van der Waals surface area contributed by atoms with Crippen molar-refractivity contribution in [3.8, 4) is 22.4 Å². The SMILES string of the molecule is Clc1ccc(-c2ccc(Cl)c(Cl)c2Cl)c(-c2ccc(Cl)c(Cl)c2Cl)n1.